The topological polar surface area (TPSA) is 71.4 Å². The minimum absolute atomic E-state index is 0.229. The van der Waals surface area contributed by atoms with E-state index in [2.05, 4.69) is 22.0 Å². The lowest BCUT2D eigenvalue weighted by atomic mass is 10.1. The second-order valence-corrected chi connectivity index (χ2v) is 8.21. The number of imide groups is 1. The summed E-state index contributed by atoms with van der Waals surface area (Å²) in [7, 11) is 0. The van der Waals surface area contributed by atoms with Gasteiger partial charge in [-0.15, -0.1) is 0 Å². The van der Waals surface area contributed by atoms with Crippen molar-refractivity contribution in [3.63, 3.8) is 0 Å². The van der Waals surface area contributed by atoms with Gasteiger partial charge in [-0.3, -0.25) is 14.5 Å². The molecule has 1 aromatic heterocycles. The first kappa shape index (κ1) is 21.6. The monoisotopic (exact) mass is 429 g/mol. The van der Waals surface area contributed by atoms with Crippen LogP contribution in [0.25, 0.3) is 0 Å². The molecular weight excluding hydrogens is 402 g/mol. The molecule has 1 fully saturated rings. The molecule has 2 aromatic carbocycles. The third-order valence-corrected chi connectivity index (χ3v) is 6.03. The van der Waals surface area contributed by atoms with Crippen LogP contribution in [0, 0.1) is 13.8 Å². The zero-order valence-corrected chi connectivity index (χ0v) is 18.4. The number of rotatable bonds is 8. The average Bonchev–Trinajstić information content (AvgIpc) is 3.23. The van der Waals surface area contributed by atoms with Crippen LogP contribution in [0.4, 0.5) is 4.79 Å². The van der Waals surface area contributed by atoms with Crippen molar-refractivity contribution < 1.29 is 14.4 Å². The molecule has 0 bridgehead atoms. The highest BCUT2D eigenvalue weighted by molar-refractivity contribution is 6.09. The van der Waals surface area contributed by atoms with Crippen molar-refractivity contribution >= 4 is 17.7 Å². The molecule has 0 spiro atoms. The lowest BCUT2D eigenvalue weighted by molar-refractivity contribution is -0.127. The Morgan fingerprint density at radius 1 is 0.938 bits per heavy atom. The van der Waals surface area contributed by atoms with Crippen LogP contribution >= 0.6 is 0 Å². The highest BCUT2D eigenvalue weighted by atomic mass is 16.2. The maximum Gasteiger partial charge on any atom is 0.325 e. The van der Waals surface area contributed by atoms with E-state index in [-0.39, 0.29) is 18.2 Å². The van der Waals surface area contributed by atoms with Gasteiger partial charge in [-0.2, -0.15) is 0 Å². The van der Waals surface area contributed by atoms with Crippen LogP contribution in [0.15, 0.2) is 66.7 Å². The summed E-state index contributed by atoms with van der Waals surface area (Å²) in [6, 6.07) is 20.4. The number of urea groups is 1. The van der Waals surface area contributed by atoms with Crippen molar-refractivity contribution in [1.29, 1.82) is 0 Å². The van der Waals surface area contributed by atoms with Gasteiger partial charge < -0.3 is 9.88 Å². The van der Waals surface area contributed by atoms with E-state index < -0.39 is 12.1 Å². The van der Waals surface area contributed by atoms with Gasteiger partial charge in [0.25, 0.3) is 5.91 Å². The Balaban J connectivity index is 1.43. The van der Waals surface area contributed by atoms with Crippen molar-refractivity contribution in [2.45, 2.75) is 39.3 Å². The molecule has 1 atom stereocenters. The van der Waals surface area contributed by atoms with E-state index in [0.717, 1.165) is 34.8 Å². The third kappa shape index (κ3) is 4.49. The number of ketones is 1. The molecule has 164 valence electrons. The Bertz CT molecular complexity index is 1140. The molecule has 1 saturated heterocycles. The van der Waals surface area contributed by atoms with Gasteiger partial charge in [0.15, 0.2) is 5.78 Å². The number of aromatic nitrogens is 1. The number of benzene rings is 2. The number of carbonyl (C=O) groups excluding carboxylic acids is 3. The first-order chi connectivity index (χ1) is 15.4. The molecule has 2 heterocycles. The summed E-state index contributed by atoms with van der Waals surface area (Å²) in [5.74, 6) is -0.585. The molecule has 6 heteroatoms. The first-order valence-corrected chi connectivity index (χ1v) is 10.8. The quantitative estimate of drug-likeness (QED) is 0.438. The SMILES string of the molecule is Cc1cc(C(=O)CN2C(=O)N[C@H](Cc3ccccc3)C2=O)c(C)n1CCc1ccccc1. The van der Waals surface area contributed by atoms with Gasteiger partial charge in [0.2, 0.25) is 0 Å². The Labute approximate surface area is 187 Å². The third-order valence-electron chi connectivity index (χ3n) is 6.03. The van der Waals surface area contributed by atoms with Crippen molar-refractivity contribution in [3.05, 3.63) is 94.8 Å². The fourth-order valence-electron chi connectivity index (χ4n) is 4.26. The van der Waals surface area contributed by atoms with Crippen LogP contribution in [-0.2, 0) is 24.2 Å². The fourth-order valence-corrected chi connectivity index (χ4v) is 4.26. The van der Waals surface area contributed by atoms with Crippen molar-refractivity contribution in [2.24, 2.45) is 0 Å². The number of Topliss-reactive ketones (excluding diaryl/α,β-unsaturated/α-hetero) is 1. The summed E-state index contributed by atoms with van der Waals surface area (Å²) < 4.78 is 2.12. The molecule has 0 unspecified atom stereocenters. The van der Waals surface area contributed by atoms with E-state index in [9.17, 15) is 14.4 Å². The molecule has 4 rings (SSSR count). The van der Waals surface area contributed by atoms with Crippen LogP contribution in [0.3, 0.4) is 0 Å². The second kappa shape index (κ2) is 9.22. The Morgan fingerprint density at radius 2 is 1.56 bits per heavy atom. The summed E-state index contributed by atoms with van der Waals surface area (Å²) in [6.07, 6.45) is 1.27. The van der Waals surface area contributed by atoms with Crippen molar-refractivity contribution in [2.75, 3.05) is 6.54 Å². The molecule has 32 heavy (non-hydrogen) atoms. The largest absolute Gasteiger partial charge is 0.348 e. The van der Waals surface area contributed by atoms with Crippen LogP contribution in [0.2, 0.25) is 0 Å². The summed E-state index contributed by atoms with van der Waals surface area (Å²) in [6.45, 7) is 4.39. The fraction of sp³-hybridized carbons (Fsp3) is 0.269. The highest BCUT2D eigenvalue weighted by Gasteiger charge is 2.39. The Morgan fingerprint density at radius 3 is 2.22 bits per heavy atom. The number of aryl methyl sites for hydroxylation is 2. The highest BCUT2D eigenvalue weighted by Crippen LogP contribution is 2.19. The number of hydrogen-bond donors (Lipinski definition) is 1. The molecule has 0 saturated carbocycles. The Kier molecular flexibility index (Phi) is 6.21. The van der Waals surface area contributed by atoms with Crippen molar-refractivity contribution in [3.8, 4) is 0 Å². The summed E-state index contributed by atoms with van der Waals surface area (Å²) >= 11 is 0. The van der Waals surface area contributed by atoms with Crippen LogP contribution in [0.5, 0.6) is 0 Å². The molecule has 0 radical (unpaired) electrons. The van der Waals surface area contributed by atoms with Crippen LogP contribution < -0.4 is 5.32 Å². The zero-order valence-electron chi connectivity index (χ0n) is 18.4. The summed E-state index contributed by atoms with van der Waals surface area (Å²) in [5, 5.41) is 2.71. The number of carbonyl (C=O) groups is 3. The lowest BCUT2D eigenvalue weighted by Crippen LogP contribution is -2.36. The first-order valence-electron chi connectivity index (χ1n) is 10.8. The Hall–Kier alpha value is -3.67. The maximum atomic E-state index is 13.0. The summed E-state index contributed by atoms with van der Waals surface area (Å²) in [4.78, 5) is 39.3. The molecule has 0 aliphatic carbocycles. The van der Waals surface area contributed by atoms with Gasteiger partial charge in [-0.1, -0.05) is 60.7 Å². The van der Waals surface area contributed by atoms with Crippen molar-refractivity contribution in [1.82, 2.24) is 14.8 Å². The average molecular weight is 430 g/mol. The van der Waals surface area contributed by atoms with Gasteiger partial charge >= 0.3 is 6.03 Å². The normalized spacial score (nSPS) is 15.8. The molecule has 1 aliphatic heterocycles. The molecular formula is C26H27N3O3. The number of nitrogens with zero attached hydrogens (tertiary/aromatic N) is 2. The molecule has 6 nitrogen and oxygen atoms in total. The van der Waals surface area contributed by atoms with Gasteiger partial charge in [-0.25, -0.2) is 4.79 Å². The van der Waals surface area contributed by atoms with E-state index in [1.165, 1.54) is 5.56 Å². The van der Waals surface area contributed by atoms with E-state index in [1.54, 1.807) is 0 Å². The van der Waals surface area contributed by atoms with E-state index in [4.69, 9.17) is 0 Å². The van der Waals surface area contributed by atoms with E-state index in [0.29, 0.717) is 12.0 Å². The molecule has 1 aliphatic rings. The molecule has 1 N–H and O–H groups in total. The predicted octanol–water partition coefficient (Wildman–Crippen LogP) is 3.69. The standard InChI is InChI=1S/C26H27N3O3/c1-18-15-22(19(2)28(18)14-13-20-9-5-3-6-10-20)24(30)17-29-25(31)23(27-26(29)32)16-21-11-7-4-8-12-21/h3-12,15,23H,13-14,16-17H2,1-2H3,(H,27,32)/t23-/m1/s1. The van der Waals surface area contributed by atoms with E-state index in [1.807, 2.05) is 68.4 Å². The molecule has 3 amide bonds. The van der Waals surface area contributed by atoms with E-state index >= 15 is 0 Å². The number of hydrogen-bond acceptors (Lipinski definition) is 3. The minimum Gasteiger partial charge on any atom is -0.348 e. The van der Waals surface area contributed by atoms with Gasteiger partial charge in [0.05, 0.1) is 6.54 Å². The summed E-state index contributed by atoms with van der Waals surface area (Å²) in [5.41, 5.74) is 4.60. The maximum absolute atomic E-state index is 13.0. The van der Waals surface area contributed by atoms with Crippen LogP contribution in [-0.4, -0.2) is 39.8 Å². The van der Waals surface area contributed by atoms with Gasteiger partial charge in [0, 0.05) is 29.9 Å². The second-order valence-electron chi connectivity index (χ2n) is 8.21. The van der Waals surface area contributed by atoms with Gasteiger partial charge in [0.1, 0.15) is 6.04 Å². The minimum atomic E-state index is -0.643. The lowest BCUT2D eigenvalue weighted by Gasteiger charge is -2.13. The van der Waals surface area contributed by atoms with Gasteiger partial charge in [-0.05, 0) is 37.5 Å². The zero-order chi connectivity index (χ0) is 22.7. The molecule has 3 aromatic rings. The van der Waals surface area contributed by atoms with Crippen LogP contribution in [0.1, 0.15) is 32.9 Å². The smallest absolute Gasteiger partial charge is 0.325 e. The number of nitrogens with one attached hydrogen (secondary N) is 1. The predicted molar refractivity (Wildman–Crippen MR) is 123 cm³/mol. The number of amides is 3.